The summed E-state index contributed by atoms with van der Waals surface area (Å²) in [7, 11) is 2.19. The molecule has 0 amide bonds. The van der Waals surface area contributed by atoms with Crippen LogP contribution in [0.4, 0.5) is 4.39 Å². The van der Waals surface area contributed by atoms with Crippen molar-refractivity contribution in [1.82, 2.24) is 14.4 Å². The highest BCUT2D eigenvalue weighted by molar-refractivity contribution is 5.84. The largest absolute Gasteiger partial charge is 0.343 e. The Morgan fingerprint density at radius 3 is 2.52 bits per heavy atom. The predicted octanol–water partition coefficient (Wildman–Crippen LogP) is 4.01. The first kappa shape index (κ1) is 18.2. The van der Waals surface area contributed by atoms with Gasteiger partial charge in [0.1, 0.15) is 5.82 Å². The highest BCUT2D eigenvalue weighted by Crippen LogP contribution is 2.25. The molecule has 3 aromatic rings. The molecule has 3 nitrogen and oxygen atoms in total. The molecule has 142 valence electrons. The number of hydrogen-bond donors (Lipinski definition) is 0. The van der Waals surface area contributed by atoms with Gasteiger partial charge in [0, 0.05) is 49.8 Å². The molecule has 1 saturated heterocycles. The van der Waals surface area contributed by atoms with Gasteiger partial charge in [0.05, 0.1) is 0 Å². The van der Waals surface area contributed by atoms with E-state index in [4.69, 9.17) is 0 Å². The SMILES string of the molecule is CN1CCN(CCCc2cn(Cc3ccccc3)c3ccc(F)cc23)CC1. The minimum atomic E-state index is -0.153. The van der Waals surface area contributed by atoms with E-state index in [1.807, 2.05) is 12.1 Å². The summed E-state index contributed by atoms with van der Waals surface area (Å²) in [6, 6.07) is 15.6. The van der Waals surface area contributed by atoms with Crippen molar-refractivity contribution < 1.29 is 4.39 Å². The van der Waals surface area contributed by atoms with Crippen molar-refractivity contribution in [2.45, 2.75) is 19.4 Å². The molecule has 0 bridgehead atoms. The molecule has 1 aliphatic heterocycles. The summed E-state index contributed by atoms with van der Waals surface area (Å²) in [5.41, 5.74) is 3.65. The van der Waals surface area contributed by atoms with E-state index >= 15 is 0 Å². The van der Waals surface area contributed by atoms with Gasteiger partial charge in [0.15, 0.2) is 0 Å². The number of halogens is 1. The first-order valence-corrected chi connectivity index (χ1v) is 9.91. The average molecular weight is 365 g/mol. The Morgan fingerprint density at radius 1 is 0.963 bits per heavy atom. The Kier molecular flexibility index (Phi) is 5.55. The molecule has 0 atom stereocenters. The van der Waals surface area contributed by atoms with Crippen LogP contribution in [0.25, 0.3) is 10.9 Å². The quantitative estimate of drug-likeness (QED) is 0.654. The third-order valence-corrected chi connectivity index (χ3v) is 5.64. The van der Waals surface area contributed by atoms with Crippen molar-refractivity contribution in [3.05, 3.63) is 71.7 Å². The van der Waals surface area contributed by atoms with Crippen LogP contribution in [0, 0.1) is 5.82 Å². The molecule has 4 heteroatoms. The van der Waals surface area contributed by atoms with Crippen molar-refractivity contribution in [2.75, 3.05) is 39.8 Å². The average Bonchev–Trinajstić information content (AvgIpc) is 3.01. The maximum atomic E-state index is 13.9. The summed E-state index contributed by atoms with van der Waals surface area (Å²) in [6.45, 7) is 6.56. The summed E-state index contributed by atoms with van der Waals surface area (Å²) >= 11 is 0. The third kappa shape index (κ3) is 4.40. The second-order valence-corrected chi connectivity index (χ2v) is 7.68. The second kappa shape index (κ2) is 8.24. The van der Waals surface area contributed by atoms with E-state index in [0.717, 1.165) is 63.0 Å². The number of rotatable bonds is 6. The van der Waals surface area contributed by atoms with E-state index < -0.39 is 0 Å². The van der Waals surface area contributed by atoms with Gasteiger partial charge in [-0.15, -0.1) is 0 Å². The number of benzene rings is 2. The topological polar surface area (TPSA) is 11.4 Å². The molecule has 27 heavy (non-hydrogen) atoms. The molecule has 4 rings (SSSR count). The lowest BCUT2D eigenvalue weighted by Crippen LogP contribution is -2.44. The molecule has 0 radical (unpaired) electrons. The molecule has 2 heterocycles. The zero-order chi connectivity index (χ0) is 18.6. The maximum Gasteiger partial charge on any atom is 0.123 e. The van der Waals surface area contributed by atoms with Gasteiger partial charge in [0.25, 0.3) is 0 Å². The lowest BCUT2D eigenvalue weighted by molar-refractivity contribution is 0.153. The Labute approximate surface area is 161 Å². The van der Waals surface area contributed by atoms with Crippen LogP contribution in [0.1, 0.15) is 17.5 Å². The molecule has 0 saturated carbocycles. The van der Waals surface area contributed by atoms with E-state index in [0.29, 0.717) is 0 Å². The van der Waals surface area contributed by atoms with Crippen LogP contribution < -0.4 is 0 Å². The fourth-order valence-electron chi connectivity index (χ4n) is 4.02. The third-order valence-electron chi connectivity index (χ3n) is 5.64. The standard InChI is InChI=1S/C23H28FN3/c1-25-12-14-26(15-13-25)11-5-8-20-18-27(17-19-6-3-2-4-7-19)23-10-9-21(24)16-22(20)23/h2-4,6-7,9-10,16,18H,5,8,11-15,17H2,1H3. The molecule has 2 aromatic carbocycles. The molecule has 1 fully saturated rings. The van der Waals surface area contributed by atoms with Crippen molar-refractivity contribution in [3.63, 3.8) is 0 Å². The van der Waals surface area contributed by atoms with Gasteiger partial charge in [0.2, 0.25) is 0 Å². The number of nitrogens with zero attached hydrogens (tertiary/aromatic N) is 3. The van der Waals surface area contributed by atoms with Gasteiger partial charge in [-0.3, -0.25) is 0 Å². The molecular formula is C23H28FN3. The highest BCUT2D eigenvalue weighted by Gasteiger charge is 2.14. The lowest BCUT2D eigenvalue weighted by Gasteiger charge is -2.32. The zero-order valence-electron chi connectivity index (χ0n) is 16.1. The summed E-state index contributed by atoms with van der Waals surface area (Å²) in [4.78, 5) is 4.93. The number of hydrogen-bond acceptors (Lipinski definition) is 2. The van der Waals surface area contributed by atoms with Crippen molar-refractivity contribution in [1.29, 1.82) is 0 Å². The van der Waals surface area contributed by atoms with Gasteiger partial charge in [-0.25, -0.2) is 4.39 Å². The second-order valence-electron chi connectivity index (χ2n) is 7.68. The van der Waals surface area contributed by atoms with Crippen LogP contribution in [-0.2, 0) is 13.0 Å². The number of aromatic nitrogens is 1. The lowest BCUT2D eigenvalue weighted by atomic mass is 10.1. The van der Waals surface area contributed by atoms with E-state index in [2.05, 4.69) is 51.9 Å². The summed E-state index contributed by atoms with van der Waals surface area (Å²) in [5.74, 6) is -0.153. The van der Waals surface area contributed by atoms with Crippen molar-refractivity contribution in [2.24, 2.45) is 0 Å². The minimum absolute atomic E-state index is 0.153. The first-order chi connectivity index (χ1) is 13.2. The molecule has 0 N–H and O–H groups in total. The van der Waals surface area contributed by atoms with Crippen LogP contribution in [-0.4, -0.2) is 54.1 Å². The monoisotopic (exact) mass is 365 g/mol. The Bertz CT molecular complexity index is 879. The van der Waals surface area contributed by atoms with Gasteiger partial charge >= 0.3 is 0 Å². The van der Waals surface area contributed by atoms with Crippen molar-refractivity contribution in [3.8, 4) is 0 Å². The Balaban J connectivity index is 1.49. The molecular weight excluding hydrogens is 337 g/mol. The minimum Gasteiger partial charge on any atom is -0.343 e. The van der Waals surface area contributed by atoms with Crippen LogP contribution >= 0.6 is 0 Å². The molecule has 1 aromatic heterocycles. The molecule has 1 aliphatic rings. The van der Waals surface area contributed by atoms with Gasteiger partial charge in [-0.2, -0.15) is 0 Å². The summed E-state index contributed by atoms with van der Waals surface area (Å²) < 4.78 is 16.1. The van der Waals surface area contributed by atoms with E-state index in [9.17, 15) is 4.39 Å². The number of piperazine rings is 1. The zero-order valence-corrected chi connectivity index (χ0v) is 16.1. The van der Waals surface area contributed by atoms with E-state index in [-0.39, 0.29) is 5.82 Å². The normalized spacial score (nSPS) is 16.2. The fraction of sp³-hybridized carbons (Fsp3) is 0.391. The van der Waals surface area contributed by atoms with Gasteiger partial charge in [-0.05, 0) is 55.8 Å². The smallest absolute Gasteiger partial charge is 0.123 e. The molecule has 0 spiro atoms. The summed E-state index contributed by atoms with van der Waals surface area (Å²) in [6.07, 6.45) is 4.33. The first-order valence-electron chi connectivity index (χ1n) is 9.91. The Morgan fingerprint density at radius 2 is 1.74 bits per heavy atom. The van der Waals surface area contributed by atoms with E-state index in [1.54, 1.807) is 12.1 Å². The van der Waals surface area contributed by atoms with Crippen LogP contribution in [0.5, 0.6) is 0 Å². The highest BCUT2D eigenvalue weighted by atomic mass is 19.1. The number of likely N-dealkylation sites (N-methyl/N-ethyl adjacent to an activating group) is 1. The van der Waals surface area contributed by atoms with Crippen LogP contribution in [0.2, 0.25) is 0 Å². The van der Waals surface area contributed by atoms with E-state index in [1.165, 1.54) is 11.1 Å². The van der Waals surface area contributed by atoms with Gasteiger partial charge in [-0.1, -0.05) is 30.3 Å². The predicted molar refractivity (Wildman–Crippen MR) is 110 cm³/mol. The van der Waals surface area contributed by atoms with Gasteiger partial charge < -0.3 is 14.4 Å². The van der Waals surface area contributed by atoms with Crippen molar-refractivity contribution >= 4 is 10.9 Å². The molecule has 0 aliphatic carbocycles. The molecule has 0 unspecified atom stereocenters. The number of fused-ring (bicyclic) bond motifs is 1. The summed E-state index contributed by atoms with van der Waals surface area (Å²) in [5, 5.41) is 1.06. The maximum absolute atomic E-state index is 13.9. The van der Waals surface area contributed by atoms with Crippen LogP contribution in [0.3, 0.4) is 0 Å². The van der Waals surface area contributed by atoms with Crippen LogP contribution in [0.15, 0.2) is 54.7 Å². The fourth-order valence-corrected chi connectivity index (χ4v) is 4.02. The Hall–Kier alpha value is -2.17. The number of aryl methyl sites for hydroxylation is 1.